The number of nitrogens with one attached hydrogen (secondary N) is 5. The van der Waals surface area contributed by atoms with E-state index in [4.69, 9.17) is 10.5 Å². The number of amides is 7. The number of rotatable bonds is 22. The second-order valence-electron chi connectivity index (χ2n) is 24.3. The van der Waals surface area contributed by atoms with Gasteiger partial charge in [-0.2, -0.15) is 0 Å². The molecule has 0 aliphatic carbocycles. The van der Waals surface area contributed by atoms with E-state index in [2.05, 4.69) is 31.2 Å². The largest absolute Gasteiger partial charge is 0.396 e. The lowest BCUT2D eigenvalue weighted by Gasteiger charge is -2.35. The molecule has 1 fully saturated rings. The van der Waals surface area contributed by atoms with Crippen molar-refractivity contribution in [2.24, 2.45) is 11.1 Å². The van der Waals surface area contributed by atoms with E-state index >= 15 is 0 Å². The molecule has 3 aliphatic heterocycles. The van der Waals surface area contributed by atoms with E-state index in [0.29, 0.717) is 29.4 Å². The SMILES string of the molecule is Cc1ncsc1-c1ccc(CNC(=O)[C@@H]2C[C@@H](O)CN2C(=O)[C@@H](NC(=O)CCc2ccc3ccc(CO[C@H](C)[C@H](CCC(N)=O)NC(=O)[C@@H]4Cc5cccc6c5N4C(=O)[C@@H](NC(=O)c4cc5cc(C(=O)P(=O)(O)O)ccc5[nH]4)CC6)cc3c2)C(C)(C)C)cc1. The molecule has 7 amide bonds. The molecule has 24 heteroatoms. The molecule has 7 aromatic rings. The molecule has 1 saturated heterocycles. The summed E-state index contributed by atoms with van der Waals surface area (Å²) in [7, 11) is -5.06. The van der Waals surface area contributed by atoms with Gasteiger partial charge in [-0.1, -0.05) is 93.6 Å². The number of β-amino-alcohol motifs (C(OH)–C–C–N with tert-alkyl or cyclic N) is 1. The smallest absolute Gasteiger partial charge is 0.391 e. The molecule has 2 aromatic heterocycles. The number of aliphatic hydroxyl groups is 1. The second-order valence-corrected chi connectivity index (χ2v) is 26.7. The Kier molecular flexibility index (Phi) is 18.8. The van der Waals surface area contributed by atoms with E-state index in [1.807, 2.05) is 107 Å². The van der Waals surface area contributed by atoms with Crippen LogP contribution in [0.5, 0.6) is 0 Å². The van der Waals surface area contributed by atoms with Crippen molar-refractivity contribution in [2.45, 2.75) is 142 Å². The topological polar surface area (TPSA) is 333 Å². The highest BCUT2D eigenvalue weighted by Crippen LogP contribution is 2.41. The molecule has 3 aliphatic rings. The number of aromatic amines is 1. The van der Waals surface area contributed by atoms with Gasteiger partial charge in [0.1, 0.15) is 29.9 Å². The Hall–Kier alpha value is -8.44. The highest BCUT2D eigenvalue weighted by Gasteiger charge is 2.46. The van der Waals surface area contributed by atoms with Crippen LogP contribution in [0.1, 0.15) is 114 Å². The van der Waals surface area contributed by atoms with E-state index in [-0.39, 0.29) is 75.4 Å². The van der Waals surface area contributed by atoms with E-state index in [0.717, 1.165) is 54.7 Å². The first-order valence-corrected chi connectivity index (χ1v) is 32.0. The maximum Gasteiger partial charge on any atom is 0.396 e. The van der Waals surface area contributed by atoms with E-state index in [1.165, 1.54) is 34.1 Å². The number of carbonyl (C=O) groups is 8. The number of aliphatic hydroxyl groups excluding tert-OH is 1. The summed E-state index contributed by atoms with van der Waals surface area (Å²) in [5.74, 6) is -3.46. The minimum atomic E-state index is -5.06. The number of aryl methyl sites for hydroxylation is 3. The fourth-order valence-electron chi connectivity index (χ4n) is 12.0. The van der Waals surface area contributed by atoms with Gasteiger partial charge in [0.2, 0.25) is 35.4 Å². The Bertz CT molecular complexity index is 3970. The van der Waals surface area contributed by atoms with Crippen LogP contribution in [0.4, 0.5) is 5.69 Å². The summed E-state index contributed by atoms with van der Waals surface area (Å²) >= 11 is 1.56. The Labute approximate surface area is 517 Å². The van der Waals surface area contributed by atoms with Crippen LogP contribution in [0.2, 0.25) is 0 Å². The standard InChI is InChI=1S/C65H72N9O13PS/c1-35-57(89-34-68-35)42-16-10-38(11-17-42)31-67-60(79)52-30-47(75)32-73(52)63(82)58(65(3,4)5)72-55(77)24-13-37-9-14-40-15-12-39(26-45(40)25-37)33-87-36(2)48(22-23-54(66)76)70-61(80)53-29-43-8-6-7-41-18-21-50(62(81)74(53)56(41)43)71-59(78)51-28-46-27-44(19-20-49(46)69-51)64(83)88(84,85)86/h6-12,14-17,19-20,25-28,34,36,47-48,50,52-53,58,69,75H,13,18,21-24,29-33H2,1-5H3,(H2,66,76)(H,67,79)(H,70,80)(H,71,78)(H,72,77)(H2,84,85,86)/t36-,47-,48+,50+,52+,53+,58-/m1/s1. The third-order valence-corrected chi connectivity index (χ3v) is 18.6. The van der Waals surface area contributed by atoms with Gasteiger partial charge in [0.05, 0.1) is 46.6 Å². The van der Waals surface area contributed by atoms with Crippen LogP contribution in [0.15, 0.2) is 109 Å². The molecule has 5 aromatic carbocycles. The van der Waals surface area contributed by atoms with Crippen molar-refractivity contribution >= 4 is 93.2 Å². The molecule has 10 rings (SSSR count). The summed E-state index contributed by atoms with van der Waals surface area (Å²) in [5, 5.41) is 24.7. The minimum Gasteiger partial charge on any atom is -0.391 e. The number of nitrogens with two attached hydrogens (primary N) is 1. The average molecular weight is 1250 g/mol. The Morgan fingerprint density at radius 2 is 1.57 bits per heavy atom. The molecule has 89 heavy (non-hydrogen) atoms. The maximum atomic E-state index is 14.6. The van der Waals surface area contributed by atoms with Crippen molar-refractivity contribution < 1.29 is 62.6 Å². The van der Waals surface area contributed by atoms with Crippen molar-refractivity contribution in [1.82, 2.24) is 36.1 Å². The molecule has 466 valence electrons. The predicted molar refractivity (Wildman–Crippen MR) is 334 cm³/mol. The summed E-state index contributed by atoms with van der Waals surface area (Å²) in [6, 6.07) is 25.7. The first-order valence-electron chi connectivity index (χ1n) is 29.5. The number of thiazole rings is 1. The van der Waals surface area contributed by atoms with Crippen molar-refractivity contribution in [3.63, 3.8) is 0 Å². The summed E-state index contributed by atoms with van der Waals surface area (Å²) < 4.78 is 18.0. The van der Waals surface area contributed by atoms with Crippen LogP contribution >= 0.6 is 18.9 Å². The highest BCUT2D eigenvalue weighted by atomic mass is 32.1. The predicted octanol–water partition coefficient (Wildman–Crippen LogP) is 6.17. The van der Waals surface area contributed by atoms with Crippen LogP contribution in [-0.2, 0) is 70.5 Å². The van der Waals surface area contributed by atoms with Gasteiger partial charge in [0.15, 0.2) is 0 Å². The van der Waals surface area contributed by atoms with E-state index < -0.39 is 96.4 Å². The monoisotopic (exact) mass is 1250 g/mol. The number of hydrogen-bond donors (Lipinski definition) is 9. The van der Waals surface area contributed by atoms with Gasteiger partial charge in [-0.05, 0) is 119 Å². The molecule has 10 N–H and O–H groups in total. The molecule has 7 atom stereocenters. The van der Waals surface area contributed by atoms with Crippen molar-refractivity contribution in [2.75, 3.05) is 11.4 Å². The van der Waals surface area contributed by atoms with Gasteiger partial charge in [-0.3, -0.25) is 47.8 Å². The van der Waals surface area contributed by atoms with Gasteiger partial charge >= 0.3 is 7.60 Å². The number of para-hydroxylation sites is 1. The van der Waals surface area contributed by atoms with Crippen molar-refractivity contribution in [3.05, 3.63) is 153 Å². The van der Waals surface area contributed by atoms with Gasteiger partial charge in [0.25, 0.3) is 11.4 Å². The zero-order chi connectivity index (χ0) is 63.6. The number of nitrogens with zero attached hydrogens (tertiary/aromatic N) is 3. The van der Waals surface area contributed by atoms with Gasteiger partial charge in [0, 0.05) is 55.2 Å². The number of carbonyl (C=O) groups excluding carboxylic acids is 8. The molecular weight excluding hydrogens is 1180 g/mol. The number of primary amides is 1. The molecule has 0 bridgehead atoms. The quantitative estimate of drug-likeness (QED) is 0.0343. The normalized spacial score (nSPS) is 18.4. The number of anilines is 1. The first kappa shape index (κ1) is 63.6. The fourth-order valence-corrected chi connectivity index (χ4v) is 13.3. The van der Waals surface area contributed by atoms with Crippen molar-refractivity contribution in [1.29, 1.82) is 0 Å². The molecule has 22 nitrogen and oxygen atoms in total. The molecule has 5 heterocycles. The van der Waals surface area contributed by atoms with Gasteiger partial charge in [-0.15, -0.1) is 11.3 Å². The fraction of sp³-hybridized carbons (Fsp3) is 0.369. The number of ether oxygens (including phenoxy) is 1. The summed E-state index contributed by atoms with van der Waals surface area (Å²) in [6.45, 7) is 9.53. The van der Waals surface area contributed by atoms with E-state index in [9.17, 15) is 57.8 Å². The minimum absolute atomic E-state index is 0.0315. The van der Waals surface area contributed by atoms with E-state index in [1.54, 1.807) is 23.8 Å². The zero-order valence-electron chi connectivity index (χ0n) is 49.9. The number of H-pyrrole nitrogens is 1. The van der Waals surface area contributed by atoms with Gasteiger partial charge in [-0.25, -0.2) is 4.98 Å². The number of benzene rings is 5. The molecule has 0 unspecified atom stereocenters. The third kappa shape index (κ3) is 14.5. The second kappa shape index (κ2) is 26.3. The van der Waals surface area contributed by atoms with Crippen LogP contribution < -0.4 is 31.9 Å². The number of aromatic nitrogens is 2. The lowest BCUT2D eigenvalue weighted by molar-refractivity contribution is -0.144. The number of fused-ring (bicyclic) bond motifs is 2. The van der Waals surface area contributed by atoms with Crippen LogP contribution in [0.3, 0.4) is 0 Å². The van der Waals surface area contributed by atoms with Crippen molar-refractivity contribution in [3.8, 4) is 10.4 Å². The number of likely N-dealkylation sites (tertiary alicyclic amines) is 1. The highest BCUT2D eigenvalue weighted by molar-refractivity contribution is 7.70. The zero-order valence-corrected chi connectivity index (χ0v) is 51.6. The molecule has 0 radical (unpaired) electrons. The van der Waals surface area contributed by atoms with Crippen LogP contribution in [0.25, 0.3) is 32.1 Å². The Morgan fingerprint density at radius 1 is 0.854 bits per heavy atom. The summed E-state index contributed by atoms with van der Waals surface area (Å²) in [4.78, 5) is 139. The molecule has 0 spiro atoms. The lowest BCUT2D eigenvalue weighted by atomic mass is 9.85. The third-order valence-electron chi connectivity index (χ3n) is 16.8. The average Bonchev–Trinajstić information content (AvgIpc) is 2.21. The molecular formula is C65H72N9O13PS. The summed E-state index contributed by atoms with van der Waals surface area (Å²) in [5.41, 5.74) is 12.2. The molecule has 0 saturated carbocycles. The van der Waals surface area contributed by atoms with Crippen LogP contribution in [-0.4, -0.2) is 126 Å². The summed E-state index contributed by atoms with van der Waals surface area (Å²) in [6.07, 6.45) is -0.271. The number of hydrogen-bond acceptors (Lipinski definition) is 13. The Morgan fingerprint density at radius 3 is 2.28 bits per heavy atom. The maximum absolute atomic E-state index is 14.6. The Balaban J connectivity index is 0.751. The first-order chi connectivity index (χ1) is 42.3. The lowest BCUT2D eigenvalue weighted by Crippen LogP contribution is -2.57. The van der Waals surface area contributed by atoms with Crippen LogP contribution in [0, 0.1) is 12.3 Å². The van der Waals surface area contributed by atoms with Gasteiger partial charge < -0.3 is 56.5 Å².